The summed E-state index contributed by atoms with van der Waals surface area (Å²) in [5, 5.41) is 18.6. The molecule has 2 rings (SSSR count). The molecule has 21 heavy (non-hydrogen) atoms. The number of aryl methyl sites for hydroxylation is 1. The van der Waals surface area contributed by atoms with Crippen molar-refractivity contribution in [3.8, 4) is 0 Å². The van der Waals surface area contributed by atoms with Gasteiger partial charge in [0.05, 0.1) is 11.9 Å². The maximum atomic E-state index is 12.0. The van der Waals surface area contributed by atoms with Crippen LogP contribution < -0.4 is 0 Å². The van der Waals surface area contributed by atoms with Crippen LogP contribution in [0.25, 0.3) is 0 Å². The molecule has 2 N–H and O–H groups in total. The van der Waals surface area contributed by atoms with Crippen molar-refractivity contribution in [1.29, 1.82) is 0 Å². The molecule has 1 saturated heterocycles. The summed E-state index contributed by atoms with van der Waals surface area (Å²) < 4.78 is 0. The van der Waals surface area contributed by atoms with E-state index in [1.54, 1.807) is 0 Å². The van der Waals surface area contributed by atoms with E-state index in [1.807, 2.05) is 30.3 Å². The summed E-state index contributed by atoms with van der Waals surface area (Å²) in [6.07, 6.45) is 0.267. The molecule has 0 radical (unpaired) electrons. The summed E-state index contributed by atoms with van der Waals surface area (Å²) in [5.74, 6) is -0.195. The van der Waals surface area contributed by atoms with Crippen LogP contribution in [0.1, 0.15) is 12.0 Å². The number of rotatable bonds is 6. The number of thioether (sulfide) groups is 1. The van der Waals surface area contributed by atoms with Gasteiger partial charge in [0, 0.05) is 13.0 Å². The van der Waals surface area contributed by atoms with E-state index in [-0.39, 0.29) is 24.6 Å². The van der Waals surface area contributed by atoms with Crippen molar-refractivity contribution in [2.45, 2.75) is 25.0 Å². The molecule has 5 nitrogen and oxygen atoms in total. The Balaban J connectivity index is 1.75. The van der Waals surface area contributed by atoms with Crippen molar-refractivity contribution in [2.75, 3.05) is 18.1 Å². The second kappa shape index (κ2) is 7.47. The number of likely N-dealkylation sites (tertiary alicyclic amines) is 1. The lowest BCUT2D eigenvalue weighted by molar-refractivity contribution is -0.147. The van der Waals surface area contributed by atoms with Crippen LogP contribution in [0, 0.1) is 0 Å². The minimum atomic E-state index is -1.05. The van der Waals surface area contributed by atoms with Gasteiger partial charge >= 0.3 is 5.97 Å². The van der Waals surface area contributed by atoms with Crippen molar-refractivity contribution >= 4 is 23.6 Å². The molecule has 0 unspecified atom stereocenters. The molecule has 0 bridgehead atoms. The Morgan fingerprint density at radius 3 is 2.67 bits per heavy atom. The lowest BCUT2D eigenvalue weighted by Crippen LogP contribution is -2.41. The highest BCUT2D eigenvalue weighted by Crippen LogP contribution is 2.19. The number of aliphatic carboxylic acids is 1. The van der Waals surface area contributed by atoms with Crippen molar-refractivity contribution in [1.82, 2.24) is 4.90 Å². The van der Waals surface area contributed by atoms with E-state index in [4.69, 9.17) is 5.11 Å². The zero-order chi connectivity index (χ0) is 15.2. The van der Waals surface area contributed by atoms with Crippen LogP contribution >= 0.6 is 11.8 Å². The Kier molecular flexibility index (Phi) is 5.64. The fourth-order valence-electron chi connectivity index (χ4n) is 2.40. The van der Waals surface area contributed by atoms with E-state index in [2.05, 4.69) is 0 Å². The lowest BCUT2D eigenvalue weighted by atomic mass is 10.2. The van der Waals surface area contributed by atoms with E-state index >= 15 is 0 Å². The van der Waals surface area contributed by atoms with Gasteiger partial charge in [-0.05, 0) is 17.7 Å². The molecule has 0 spiro atoms. The van der Waals surface area contributed by atoms with Crippen LogP contribution in [-0.2, 0) is 16.0 Å². The maximum Gasteiger partial charge on any atom is 0.326 e. The summed E-state index contributed by atoms with van der Waals surface area (Å²) in [6, 6.07) is 9.12. The first-order valence-corrected chi connectivity index (χ1v) is 8.05. The third-order valence-electron chi connectivity index (χ3n) is 3.49. The van der Waals surface area contributed by atoms with Gasteiger partial charge < -0.3 is 15.1 Å². The number of β-amino-alcohol motifs (C(OH)–C–C–N with tert-alkyl or cyclic N) is 1. The number of carboxylic acid groups (broad SMARTS) is 1. The fraction of sp³-hybridized carbons (Fsp3) is 0.467. The third kappa shape index (κ3) is 4.47. The van der Waals surface area contributed by atoms with Gasteiger partial charge in [-0.15, -0.1) is 0 Å². The van der Waals surface area contributed by atoms with Gasteiger partial charge in [0.15, 0.2) is 0 Å². The van der Waals surface area contributed by atoms with Crippen LogP contribution in [0.3, 0.4) is 0 Å². The number of carbonyl (C=O) groups excluding carboxylic acids is 1. The minimum absolute atomic E-state index is 0.120. The Bertz CT molecular complexity index is 494. The lowest BCUT2D eigenvalue weighted by Gasteiger charge is -2.20. The highest BCUT2D eigenvalue weighted by atomic mass is 32.2. The second-order valence-electron chi connectivity index (χ2n) is 5.08. The number of aliphatic hydroxyl groups excluding tert-OH is 1. The summed E-state index contributed by atoms with van der Waals surface area (Å²) in [7, 11) is 0. The molecule has 1 heterocycles. The zero-order valence-electron chi connectivity index (χ0n) is 11.6. The van der Waals surface area contributed by atoms with Crippen LogP contribution in [-0.4, -0.2) is 57.2 Å². The van der Waals surface area contributed by atoms with Crippen LogP contribution in [0.2, 0.25) is 0 Å². The number of hydrogen-bond donors (Lipinski definition) is 2. The molecule has 1 aromatic carbocycles. The standard InChI is InChI=1S/C15H19NO4S/c17-12-8-13(15(19)20)16(9-12)14(18)10-21-7-6-11-4-2-1-3-5-11/h1-5,12-13,17H,6-10H2,(H,19,20)/t12-,13+/m1/s1. The molecule has 0 saturated carbocycles. The van der Waals surface area contributed by atoms with E-state index < -0.39 is 18.1 Å². The molecule has 1 aliphatic heterocycles. The largest absolute Gasteiger partial charge is 0.480 e. The first-order valence-electron chi connectivity index (χ1n) is 6.90. The van der Waals surface area contributed by atoms with Gasteiger partial charge in [0.2, 0.25) is 5.91 Å². The fourth-order valence-corrected chi connectivity index (χ4v) is 3.27. The zero-order valence-corrected chi connectivity index (χ0v) is 12.5. The van der Waals surface area contributed by atoms with E-state index in [0.717, 1.165) is 12.2 Å². The van der Waals surface area contributed by atoms with Gasteiger partial charge in [-0.25, -0.2) is 4.79 Å². The number of carboxylic acids is 1. The number of hydrogen-bond acceptors (Lipinski definition) is 4. The SMILES string of the molecule is O=C(O)[C@@H]1C[C@@H](O)CN1C(=O)CSCCc1ccccc1. The van der Waals surface area contributed by atoms with E-state index in [1.165, 1.54) is 22.2 Å². The topological polar surface area (TPSA) is 77.8 Å². The first-order chi connectivity index (χ1) is 10.1. The number of amides is 1. The predicted molar refractivity (Wildman–Crippen MR) is 81.2 cm³/mol. The van der Waals surface area contributed by atoms with Crippen molar-refractivity contribution in [2.24, 2.45) is 0 Å². The summed E-state index contributed by atoms with van der Waals surface area (Å²) in [6.45, 7) is 0.120. The average Bonchev–Trinajstić information content (AvgIpc) is 2.87. The predicted octanol–water partition coefficient (Wildman–Crippen LogP) is 1.01. The number of carbonyl (C=O) groups is 2. The Labute approximate surface area is 128 Å². The van der Waals surface area contributed by atoms with Crippen LogP contribution in [0.5, 0.6) is 0 Å². The highest BCUT2D eigenvalue weighted by molar-refractivity contribution is 7.99. The summed E-state index contributed by atoms with van der Waals surface area (Å²) in [4.78, 5) is 24.4. The molecule has 1 aliphatic rings. The maximum absolute atomic E-state index is 12.0. The summed E-state index contributed by atoms with van der Waals surface area (Å²) >= 11 is 1.49. The molecule has 1 fully saturated rings. The van der Waals surface area contributed by atoms with Crippen molar-refractivity contribution < 1.29 is 19.8 Å². The van der Waals surface area contributed by atoms with E-state index in [9.17, 15) is 14.7 Å². The van der Waals surface area contributed by atoms with Crippen LogP contribution in [0.15, 0.2) is 30.3 Å². The number of aliphatic hydroxyl groups is 1. The van der Waals surface area contributed by atoms with Gasteiger partial charge in [0.25, 0.3) is 0 Å². The quantitative estimate of drug-likeness (QED) is 0.767. The number of nitrogens with zero attached hydrogens (tertiary/aromatic N) is 1. The molecule has 6 heteroatoms. The smallest absolute Gasteiger partial charge is 0.326 e. The number of benzene rings is 1. The average molecular weight is 309 g/mol. The monoisotopic (exact) mass is 309 g/mol. The first kappa shape index (κ1) is 15.9. The molecule has 114 valence electrons. The molecule has 1 amide bonds. The van der Waals surface area contributed by atoms with Crippen molar-refractivity contribution in [3.63, 3.8) is 0 Å². The van der Waals surface area contributed by atoms with Gasteiger partial charge in [-0.1, -0.05) is 30.3 Å². The molecule has 1 aromatic rings. The molecule has 0 aliphatic carbocycles. The Morgan fingerprint density at radius 2 is 2.00 bits per heavy atom. The van der Waals surface area contributed by atoms with Crippen LogP contribution in [0.4, 0.5) is 0 Å². The van der Waals surface area contributed by atoms with E-state index in [0.29, 0.717) is 0 Å². The van der Waals surface area contributed by atoms with Gasteiger partial charge in [0.1, 0.15) is 6.04 Å². The normalized spacial score (nSPS) is 21.5. The van der Waals surface area contributed by atoms with Crippen molar-refractivity contribution in [3.05, 3.63) is 35.9 Å². The third-order valence-corrected chi connectivity index (χ3v) is 4.43. The Morgan fingerprint density at radius 1 is 1.29 bits per heavy atom. The minimum Gasteiger partial charge on any atom is -0.480 e. The molecular formula is C15H19NO4S. The van der Waals surface area contributed by atoms with Gasteiger partial charge in [-0.2, -0.15) is 11.8 Å². The highest BCUT2D eigenvalue weighted by Gasteiger charge is 2.38. The summed E-state index contributed by atoms with van der Waals surface area (Å²) in [5.41, 5.74) is 1.22. The molecular weight excluding hydrogens is 290 g/mol. The molecule has 0 aromatic heterocycles. The Hall–Kier alpha value is -1.53. The molecule has 2 atom stereocenters. The second-order valence-corrected chi connectivity index (χ2v) is 6.18. The van der Waals surface area contributed by atoms with Gasteiger partial charge in [-0.3, -0.25) is 4.79 Å².